The third kappa shape index (κ3) is 4.81. The molecule has 0 aliphatic rings. The number of hydrogen-bond acceptors (Lipinski definition) is 8. The fraction of sp³-hybridized carbons (Fsp3) is 0.0400. The van der Waals surface area contributed by atoms with Gasteiger partial charge in [-0.2, -0.15) is 0 Å². The highest BCUT2D eigenvalue weighted by Gasteiger charge is 2.21. The summed E-state index contributed by atoms with van der Waals surface area (Å²) in [5.41, 5.74) is 7.20. The third-order valence-corrected chi connectivity index (χ3v) is 5.06. The van der Waals surface area contributed by atoms with Gasteiger partial charge in [-0.1, -0.05) is 42.5 Å². The Balaban J connectivity index is 1.94. The summed E-state index contributed by atoms with van der Waals surface area (Å²) >= 11 is 0. The van der Waals surface area contributed by atoms with Crippen LogP contribution in [0, 0.1) is 0 Å². The lowest BCUT2D eigenvalue weighted by molar-refractivity contribution is -0.105. The molecule has 3 aromatic carbocycles. The van der Waals surface area contributed by atoms with E-state index in [9.17, 15) is 19.5 Å². The average Bonchev–Trinajstić information content (AvgIpc) is 2.88. The number of nitrogens with one attached hydrogen (secondary N) is 1. The average molecular weight is 469 g/mol. The Kier molecular flexibility index (Phi) is 6.45. The number of benzene rings is 3. The van der Waals surface area contributed by atoms with Gasteiger partial charge in [0, 0.05) is 22.9 Å². The molecule has 35 heavy (non-hydrogen) atoms. The number of hydrogen-bond donors (Lipinski definition) is 3. The maximum absolute atomic E-state index is 12.2. The van der Waals surface area contributed by atoms with E-state index in [2.05, 4.69) is 20.3 Å². The Hall–Kier alpha value is -5.12. The largest absolute Gasteiger partial charge is 0.507 e. The van der Waals surface area contributed by atoms with Crippen molar-refractivity contribution >= 4 is 24.0 Å². The minimum Gasteiger partial charge on any atom is -0.507 e. The lowest BCUT2D eigenvalue weighted by Crippen LogP contribution is -2.14. The van der Waals surface area contributed by atoms with E-state index in [1.807, 2.05) is 18.2 Å². The molecule has 0 bridgehead atoms. The number of nitrogens with two attached hydrogens (primary N) is 1. The number of aromatic nitrogens is 3. The van der Waals surface area contributed by atoms with Crippen molar-refractivity contribution in [3.63, 3.8) is 0 Å². The number of carbonyl (C=O) groups excluding carboxylic acids is 3. The molecular formula is C25H19N5O5. The highest BCUT2D eigenvalue weighted by Crippen LogP contribution is 2.35. The predicted octanol–water partition coefficient (Wildman–Crippen LogP) is 3.03. The minimum absolute atomic E-state index is 0.00477. The fourth-order valence-electron chi connectivity index (χ4n) is 3.41. The molecule has 4 N–H and O–H groups in total. The minimum atomic E-state index is -0.851. The quantitative estimate of drug-likeness (QED) is 0.275. The number of rotatable bonds is 7. The van der Waals surface area contributed by atoms with Gasteiger partial charge < -0.3 is 20.9 Å². The molecule has 0 saturated carbocycles. The number of anilines is 1. The molecule has 4 rings (SSSR count). The first-order valence-electron chi connectivity index (χ1n) is 10.3. The molecule has 2 amide bonds. The first-order valence-corrected chi connectivity index (χ1v) is 10.3. The summed E-state index contributed by atoms with van der Waals surface area (Å²) in [7, 11) is 1.29. The third-order valence-electron chi connectivity index (χ3n) is 5.06. The number of esters is 1. The van der Waals surface area contributed by atoms with Crippen LogP contribution in [0.3, 0.4) is 0 Å². The zero-order chi connectivity index (χ0) is 24.9. The van der Waals surface area contributed by atoms with E-state index in [4.69, 9.17) is 10.5 Å². The molecule has 4 aromatic rings. The van der Waals surface area contributed by atoms with Crippen LogP contribution in [0.4, 0.5) is 5.69 Å². The number of phenols is 1. The molecule has 0 aliphatic carbocycles. The Morgan fingerprint density at radius 3 is 2.09 bits per heavy atom. The van der Waals surface area contributed by atoms with Crippen molar-refractivity contribution in [1.82, 2.24) is 15.0 Å². The zero-order valence-electron chi connectivity index (χ0n) is 18.4. The van der Waals surface area contributed by atoms with Gasteiger partial charge in [-0.05, 0) is 18.2 Å². The Bertz CT molecular complexity index is 1420. The van der Waals surface area contributed by atoms with Gasteiger partial charge in [0.1, 0.15) is 5.75 Å². The topological polar surface area (TPSA) is 157 Å². The van der Waals surface area contributed by atoms with E-state index in [-0.39, 0.29) is 40.0 Å². The van der Waals surface area contributed by atoms with Crippen LogP contribution < -0.4 is 11.1 Å². The van der Waals surface area contributed by atoms with Gasteiger partial charge in [0.25, 0.3) is 0 Å². The number of primary amides is 1. The molecule has 0 unspecified atom stereocenters. The predicted molar refractivity (Wildman–Crippen MR) is 127 cm³/mol. The molecule has 0 spiro atoms. The molecule has 10 nitrogen and oxygen atoms in total. The lowest BCUT2D eigenvalue weighted by Gasteiger charge is -2.13. The summed E-state index contributed by atoms with van der Waals surface area (Å²) in [4.78, 5) is 48.4. The summed E-state index contributed by atoms with van der Waals surface area (Å²) in [5.74, 6) is -1.19. The molecule has 0 aliphatic heterocycles. The molecule has 174 valence electrons. The SMILES string of the molecule is COC(=O)c1ccc(-c2nc(-c3ccccc3)nc(-c3c(O)cc(NC=O)cc3C(N)=O)n2)cc1. The fourth-order valence-corrected chi connectivity index (χ4v) is 3.41. The molecule has 0 saturated heterocycles. The summed E-state index contributed by atoms with van der Waals surface area (Å²) in [6.45, 7) is 0. The number of amides is 2. The van der Waals surface area contributed by atoms with Gasteiger partial charge in [-0.3, -0.25) is 9.59 Å². The standard InChI is InChI=1S/C25H19N5O5/c1-35-25(34)16-9-7-15(8-10-16)23-28-22(14-5-3-2-4-6-14)29-24(30-23)20-18(21(26)33)11-17(27-13-31)12-19(20)32/h2-13,32H,1H3,(H2,26,33)(H,27,31). The first-order chi connectivity index (χ1) is 16.9. The lowest BCUT2D eigenvalue weighted by atomic mass is 10.0. The van der Waals surface area contributed by atoms with E-state index in [1.165, 1.54) is 19.2 Å². The van der Waals surface area contributed by atoms with Gasteiger partial charge in [0.15, 0.2) is 17.5 Å². The van der Waals surface area contributed by atoms with Crippen LogP contribution in [0.15, 0.2) is 66.7 Å². The molecule has 0 atom stereocenters. The van der Waals surface area contributed by atoms with Crippen molar-refractivity contribution in [1.29, 1.82) is 0 Å². The van der Waals surface area contributed by atoms with Crippen LogP contribution >= 0.6 is 0 Å². The number of phenolic OH excluding ortho intramolecular Hbond substituents is 1. The molecular weight excluding hydrogens is 450 g/mol. The number of methoxy groups -OCH3 is 1. The van der Waals surface area contributed by atoms with E-state index in [0.29, 0.717) is 23.1 Å². The second-order valence-electron chi connectivity index (χ2n) is 7.29. The second kappa shape index (κ2) is 9.79. The van der Waals surface area contributed by atoms with E-state index in [1.54, 1.807) is 36.4 Å². The van der Waals surface area contributed by atoms with Crippen LogP contribution in [-0.4, -0.2) is 45.5 Å². The zero-order valence-corrected chi connectivity index (χ0v) is 18.4. The van der Waals surface area contributed by atoms with Crippen molar-refractivity contribution in [2.75, 3.05) is 12.4 Å². The summed E-state index contributed by atoms with van der Waals surface area (Å²) in [6, 6.07) is 18.1. The molecule has 10 heteroatoms. The Labute approximate surface area is 199 Å². The van der Waals surface area contributed by atoms with E-state index >= 15 is 0 Å². The number of nitrogens with zero attached hydrogens (tertiary/aromatic N) is 3. The van der Waals surface area contributed by atoms with Gasteiger partial charge in [-0.15, -0.1) is 0 Å². The van der Waals surface area contributed by atoms with Gasteiger partial charge in [0.05, 0.1) is 23.8 Å². The van der Waals surface area contributed by atoms with Crippen LogP contribution in [0.1, 0.15) is 20.7 Å². The molecule has 1 heterocycles. The smallest absolute Gasteiger partial charge is 0.337 e. The summed E-state index contributed by atoms with van der Waals surface area (Å²) in [5, 5.41) is 13.1. The second-order valence-corrected chi connectivity index (χ2v) is 7.29. The van der Waals surface area contributed by atoms with Crippen molar-refractivity contribution in [3.05, 3.63) is 77.9 Å². The normalized spacial score (nSPS) is 10.4. The number of carbonyl (C=O) groups is 3. The number of aromatic hydroxyl groups is 1. The summed E-state index contributed by atoms with van der Waals surface area (Å²) in [6.07, 6.45) is 0.408. The first kappa shape index (κ1) is 23.1. The monoisotopic (exact) mass is 469 g/mol. The molecule has 0 fully saturated rings. The molecule has 1 aromatic heterocycles. The van der Waals surface area contributed by atoms with Gasteiger partial charge >= 0.3 is 5.97 Å². The van der Waals surface area contributed by atoms with Gasteiger partial charge in [-0.25, -0.2) is 19.7 Å². The number of ether oxygens (including phenoxy) is 1. The van der Waals surface area contributed by atoms with Crippen molar-refractivity contribution < 1.29 is 24.2 Å². The van der Waals surface area contributed by atoms with Crippen LogP contribution in [0.25, 0.3) is 34.2 Å². The van der Waals surface area contributed by atoms with E-state index in [0.717, 1.165) is 0 Å². The van der Waals surface area contributed by atoms with Crippen molar-refractivity contribution in [3.8, 4) is 39.9 Å². The highest BCUT2D eigenvalue weighted by atomic mass is 16.5. The highest BCUT2D eigenvalue weighted by molar-refractivity contribution is 6.02. The Morgan fingerprint density at radius 2 is 1.51 bits per heavy atom. The van der Waals surface area contributed by atoms with E-state index < -0.39 is 11.9 Å². The van der Waals surface area contributed by atoms with Crippen LogP contribution in [0.5, 0.6) is 5.75 Å². The van der Waals surface area contributed by atoms with Crippen LogP contribution in [-0.2, 0) is 9.53 Å². The van der Waals surface area contributed by atoms with Crippen LogP contribution in [0.2, 0.25) is 0 Å². The summed E-state index contributed by atoms with van der Waals surface area (Å²) < 4.78 is 4.73. The van der Waals surface area contributed by atoms with Crippen molar-refractivity contribution in [2.24, 2.45) is 5.73 Å². The maximum atomic E-state index is 12.2. The Morgan fingerprint density at radius 1 is 0.914 bits per heavy atom. The van der Waals surface area contributed by atoms with Crippen molar-refractivity contribution in [2.45, 2.75) is 0 Å². The van der Waals surface area contributed by atoms with Gasteiger partial charge in [0.2, 0.25) is 12.3 Å². The molecule has 0 radical (unpaired) electrons. The maximum Gasteiger partial charge on any atom is 0.337 e.